The van der Waals surface area contributed by atoms with Crippen molar-refractivity contribution in [2.24, 2.45) is 0 Å². The zero-order chi connectivity index (χ0) is 20.8. The van der Waals surface area contributed by atoms with Gasteiger partial charge in [0.2, 0.25) is 0 Å². The Bertz CT molecular complexity index is 1030. The minimum Gasteiger partial charge on any atom is -0.452 e. The van der Waals surface area contributed by atoms with Crippen LogP contribution in [-0.4, -0.2) is 24.4 Å². The second kappa shape index (κ2) is 9.49. The van der Waals surface area contributed by atoms with Crippen molar-refractivity contribution in [3.8, 4) is 0 Å². The molecule has 0 saturated carbocycles. The van der Waals surface area contributed by atoms with E-state index in [1.807, 2.05) is 24.4 Å². The fraction of sp³-hybridized carbons (Fsp3) is 0.0952. The van der Waals surface area contributed by atoms with Crippen LogP contribution in [0.15, 0.2) is 64.5 Å². The molecule has 2 aromatic carbocycles. The number of nitrogens with one attached hydrogen (secondary N) is 2. The third kappa shape index (κ3) is 5.75. The highest BCUT2D eigenvalue weighted by atomic mass is 79.9. The summed E-state index contributed by atoms with van der Waals surface area (Å²) in [5.41, 5.74) is 2.38. The van der Waals surface area contributed by atoms with Gasteiger partial charge in [0.05, 0.1) is 10.4 Å². The van der Waals surface area contributed by atoms with Crippen molar-refractivity contribution in [3.63, 3.8) is 0 Å². The normalized spacial score (nSPS) is 10.3. The molecule has 2 amide bonds. The standard InChI is InChI=1S/C21H17BrN2O4S/c1-13-11-15(22)6-9-17(13)24-19(25)12-28-21(27)14-4-7-16(8-5-14)23-20(26)18-3-2-10-29-18/h2-11H,12H2,1H3,(H,23,26)(H,24,25). The molecule has 0 unspecified atom stereocenters. The summed E-state index contributed by atoms with van der Waals surface area (Å²) in [6.45, 7) is 1.47. The highest BCUT2D eigenvalue weighted by Gasteiger charge is 2.12. The highest BCUT2D eigenvalue weighted by Crippen LogP contribution is 2.20. The van der Waals surface area contributed by atoms with Crippen LogP contribution >= 0.6 is 27.3 Å². The lowest BCUT2D eigenvalue weighted by Crippen LogP contribution is -2.21. The van der Waals surface area contributed by atoms with Crippen molar-refractivity contribution in [2.75, 3.05) is 17.2 Å². The Morgan fingerprint density at radius 1 is 1.03 bits per heavy atom. The molecule has 2 N–H and O–H groups in total. The molecule has 0 bridgehead atoms. The molecule has 8 heteroatoms. The monoisotopic (exact) mass is 472 g/mol. The molecule has 3 aromatic rings. The van der Waals surface area contributed by atoms with Gasteiger partial charge in [0.15, 0.2) is 6.61 Å². The topological polar surface area (TPSA) is 84.5 Å². The Kier molecular flexibility index (Phi) is 6.79. The number of benzene rings is 2. The summed E-state index contributed by atoms with van der Waals surface area (Å²) in [5.74, 6) is -1.26. The first-order valence-electron chi connectivity index (χ1n) is 8.60. The number of esters is 1. The van der Waals surface area contributed by atoms with E-state index in [4.69, 9.17) is 4.74 Å². The van der Waals surface area contributed by atoms with Crippen molar-refractivity contribution in [3.05, 3.63) is 80.5 Å². The van der Waals surface area contributed by atoms with E-state index in [1.54, 1.807) is 30.3 Å². The molecule has 3 rings (SSSR count). The number of halogens is 1. The number of ether oxygens (including phenoxy) is 1. The smallest absolute Gasteiger partial charge is 0.338 e. The molecule has 0 aliphatic rings. The number of thiophene rings is 1. The predicted molar refractivity (Wildman–Crippen MR) is 117 cm³/mol. The fourth-order valence-corrected chi connectivity index (χ4v) is 3.55. The molecule has 29 heavy (non-hydrogen) atoms. The van der Waals surface area contributed by atoms with Gasteiger partial charge in [-0.05, 0) is 66.4 Å². The number of rotatable bonds is 6. The lowest BCUT2D eigenvalue weighted by Gasteiger charge is -2.09. The Labute approximate surface area is 180 Å². The van der Waals surface area contributed by atoms with Gasteiger partial charge in [-0.2, -0.15) is 0 Å². The third-order valence-corrected chi connectivity index (χ3v) is 5.28. The van der Waals surface area contributed by atoms with Gasteiger partial charge in [0.25, 0.3) is 11.8 Å². The van der Waals surface area contributed by atoms with E-state index in [-0.39, 0.29) is 11.5 Å². The van der Waals surface area contributed by atoms with Crippen LogP contribution in [0.2, 0.25) is 0 Å². The maximum atomic E-state index is 12.1. The van der Waals surface area contributed by atoms with Crippen LogP contribution in [0.4, 0.5) is 11.4 Å². The number of hydrogen-bond donors (Lipinski definition) is 2. The zero-order valence-corrected chi connectivity index (χ0v) is 17.8. The SMILES string of the molecule is Cc1cc(Br)ccc1NC(=O)COC(=O)c1ccc(NC(=O)c2cccs2)cc1. The summed E-state index contributed by atoms with van der Waals surface area (Å²) in [4.78, 5) is 36.8. The van der Waals surface area contributed by atoms with E-state index < -0.39 is 18.5 Å². The van der Waals surface area contributed by atoms with E-state index in [0.29, 0.717) is 16.3 Å². The number of anilines is 2. The summed E-state index contributed by atoms with van der Waals surface area (Å²) in [6.07, 6.45) is 0. The summed E-state index contributed by atoms with van der Waals surface area (Å²) >= 11 is 4.70. The summed E-state index contributed by atoms with van der Waals surface area (Å²) in [6, 6.07) is 15.3. The number of amides is 2. The average Bonchev–Trinajstić information content (AvgIpc) is 3.24. The average molecular weight is 473 g/mol. The van der Waals surface area contributed by atoms with E-state index >= 15 is 0 Å². The summed E-state index contributed by atoms with van der Waals surface area (Å²) in [5, 5.41) is 7.28. The number of carbonyl (C=O) groups excluding carboxylic acids is 3. The van der Waals surface area contributed by atoms with Gasteiger partial charge in [0, 0.05) is 15.8 Å². The van der Waals surface area contributed by atoms with Gasteiger partial charge in [-0.15, -0.1) is 11.3 Å². The first-order valence-corrected chi connectivity index (χ1v) is 10.3. The molecule has 6 nitrogen and oxygen atoms in total. The zero-order valence-electron chi connectivity index (χ0n) is 15.4. The van der Waals surface area contributed by atoms with Crippen LogP contribution in [0.1, 0.15) is 25.6 Å². The first kappa shape index (κ1) is 20.8. The Morgan fingerprint density at radius 2 is 1.79 bits per heavy atom. The van der Waals surface area contributed by atoms with Gasteiger partial charge >= 0.3 is 5.97 Å². The molecule has 0 aliphatic heterocycles. The van der Waals surface area contributed by atoms with Crippen molar-refractivity contribution >= 4 is 56.4 Å². The van der Waals surface area contributed by atoms with Crippen molar-refractivity contribution in [1.29, 1.82) is 0 Å². The Hall–Kier alpha value is -2.97. The molecule has 0 atom stereocenters. The molecule has 0 aliphatic carbocycles. The number of hydrogen-bond acceptors (Lipinski definition) is 5. The maximum Gasteiger partial charge on any atom is 0.338 e. The van der Waals surface area contributed by atoms with Gasteiger partial charge in [0.1, 0.15) is 0 Å². The van der Waals surface area contributed by atoms with Crippen LogP contribution in [0, 0.1) is 6.92 Å². The molecule has 1 aromatic heterocycles. The second-order valence-corrected chi connectivity index (χ2v) is 7.96. The van der Waals surface area contributed by atoms with Gasteiger partial charge < -0.3 is 15.4 Å². The lowest BCUT2D eigenvalue weighted by molar-refractivity contribution is -0.119. The number of aryl methyl sites for hydroxylation is 1. The minimum absolute atomic E-state index is 0.213. The maximum absolute atomic E-state index is 12.1. The third-order valence-electron chi connectivity index (χ3n) is 3.92. The van der Waals surface area contributed by atoms with E-state index in [1.165, 1.54) is 23.5 Å². The molecule has 0 radical (unpaired) electrons. The van der Waals surface area contributed by atoms with Crippen LogP contribution < -0.4 is 10.6 Å². The largest absolute Gasteiger partial charge is 0.452 e. The van der Waals surface area contributed by atoms with Gasteiger partial charge in [-0.25, -0.2) is 4.79 Å². The van der Waals surface area contributed by atoms with Crippen LogP contribution in [-0.2, 0) is 9.53 Å². The van der Waals surface area contributed by atoms with Crippen molar-refractivity contribution in [1.82, 2.24) is 0 Å². The molecule has 0 spiro atoms. The van der Waals surface area contributed by atoms with Crippen LogP contribution in [0.5, 0.6) is 0 Å². The molecule has 1 heterocycles. The quantitative estimate of drug-likeness (QED) is 0.501. The predicted octanol–water partition coefficient (Wildman–Crippen LogP) is 4.87. The molecule has 148 valence electrons. The fourth-order valence-electron chi connectivity index (χ4n) is 2.46. The van der Waals surface area contributed by atoms with E-state index in [2.05, 4.69) is 26.6 Å². The number of carbonyl (C=O) groups is 3. The van der Waals surface area contributed by atoms with E-state index in [0.717, 1.165) is 10.0 Å². The van der Waals surface area contributed by atoms with Gasteiger partial charge in [-0.3, -0.25) is 9.59 Å². The Morgan fingerprint density at radius 3 is 2.45 bits per heavy atom. The minimum atomic E-state index is -0.621. The summed E-state index contributed by atoms with van der Waals surface area (Å²) in [7, 11) is 0. The summed E-state index contributed by atoms with van der Waals surface area (Å²) < 4.78 is 5.97. The molecule has 0 fully saturated rings. The van der Waals surface area contributed by atoms with Gasteiger partial charge in [-0.1, -0.05) is 22.0 Å². The molecular weight excluding hydrogens is 456 g/mol. The van der Waals surface area contributed by atoms with Crippen molar-refractivity contribution < 1.29 is 19.1 Å². The van der Waals surface area contributed by atoms with Crippen LogP contribution in [0.3, 0.4) is 0 Å². The second-order valence-electron chi connectivity index (χ2n) is 6.09. The molecule has 0 saturated heterocycles. The van der Waals surface area contributed by atoms with E-state index in [9.17, 15) is 14.4 Å². The highest BCUT2D eigenvalue weighted by molar-refractivity contribution is 9.10. The van der Waals surface area contributed by atoms with Crippen molar-refractivity contribution in [2.45, 2.75) is 6.92 Å². The molecular formula is C21H17BrN2O4S. The Balaban J connectivity index is 1.51. The van der Waals surface area contributed by atoms with Crippen LogP contribution in [0.25, 0.3) is 0 Å². The first-order chi connectivity index (χ1) is 13.9. The lowest BCUT2D eigenvalue weighted by atomic mass is 10.2.